The van der Waals surface area contributed by atoms with Crippen molar-refractivity contribution >= 4 is 57.3 Å². The second-order valence-corrected chi connectivity index (χ2v) is 5.44. The van der Waals surface area contributed by atoms with Crippen LogP contribution in [-0.2, 0) is 4.79 Å². The zero-order valence-corrected chi connectivity index (χ0v) is 14.7. The normalized spacial score (nSPS) is 25.5. The van der Waals surface area contributed by atoms with Gasteiger partial charge < -0.3 is 10.6 Å². The Labute approximate surface area is 157 Å². The number of rotatable bonds is 1. The summed E-state index contributed by atoms with van der Waals surface area (Å²) in [5.41, 5.74) is 0.937. The van der Waals surface area contributed by atoms with Crippen molar-refractivity contribution in [2.75, 3.05) is 6.54 Å². The minimum atomic E-state index is -0.274. The standard InChI is InChI=1S/C15H20N2O.K/c18-14-15(9-4-5-10-15)16-11-8-13(17-14)12-6-2-1-3-7-12;/h1-3,6-7,13,16H,4-5,8-11H2,(H,17,18);/t13-;/m0./s1. The van der Waals surface area contributed by atoms with Crippen molar-refractivity contribution in [3.05, 3.63) is 35.9 Å². The van der Waals surface area contributed by atoms with Gasteiger partial charge in [0.1, 0.15) is 0 Å². The minimum absolute atomic E-state index is 0. The van der Waals surface area contributed by atoms with E-state index in [1.165, 1.54) is 5.56 Å². The Morgan fingerprint density at radius 3 is 2.47 bits per heavy atom. The Hall–Kier alpha value is 0.286. The van der Waals surface area contributed by atoms with Gasteiger partial charge in [0, 0.05) is 51.4 Å². The van der Waals surface area contributed by atoms with Gasteiger partial charge in [0.2, 0.25) is 5.91 Å². The van der Waals surface area contributed by atoms with Gasteiger partial charge in [-0.1, -0.05) is 43.2 Å². The van der Waals surface area contributed by atoms with E-state index in [4.69, 9.17) is 0 Å². The first-order valence-corrected chi connectivity index (χ1v) is 6.91. The molecule has 2 aliphatic rings. The summed E-state index contributed by atoms with van der Waals surface area (Å²) in [5, 5.41) is 6.72. The molecule has 1 atom stereocenters. The molecule has 3 nitrogen and oxygen atoms in total. The molecule has 1 amide bonds. The van der Waals surface area contributed by atoms with Gasteiger partial charge in [-0.2, -0.15) is 0 Å². The summed E-state index contributed by atoms with van der Waals surface area (Å²) < 4.78 is 0. The maximum Gasteiger partial charge on any atom is 0.240 e. The quantitative estimate of drug-likeness (QED) is 0.771. The molecular formula is C15H20KN2O. The van der Waals surface area contributed by atoms with Gasteiger partial charge in [0.25, 0.3) is 0 Å². The van der Waals surface area contributed by atoms with Gasteiger partial charge in [-0.05, 0) is 31.4 Å². The number of hydrogen-bond donors (Lipinski definition) is 2. The van der Waals surface area contributed by atoms with Crippen LogP contribution in [0, 0.1) is 0 Å². The fourth-order valence-electron chi connectivity index (χ4n) is 3.22. The average Bonchev–Trinajstić information content (AvgIpc) is 2.82. The molecule has 1 aromatic rings. The van der Waals surface area contributed by atoms with Crippen molar-refractivity contribution in [2.45, 2.75) is 43.7 Å². The predicted molar refractivity (Wildman–Crippen MR) is 76.9 cm³/mol. The molecule has 1 saturated heterocycles. The molecular weight excluding hydrogens is 263 g/mol. The number of benzene rings is 1. The van der Waals surface area contributed by atoms with Gasteiger partial charge in [0.15, 0.2) is 0 Å². The molecule has 1 aromatic carbocycles. The summed E-state index contributed by atoms with van der Waals surface area (Å²) >= 11 is 0. The molecule has 0 bridgehead atoms. The summed E-state index contributed by atoms with van der Waals surface area (Å²) in [6.07, 6.45) is 5.27. The van der Waals surface area contributed by atoms with Crippen molar-refractivity contribution in [1.82, 2.24) is 10.6 Å². The molecule has 4 heteroatoms. The molecule has 3 rings (SSSR count). The van der Waals surface area contributed by atoms with Gasteiger partial charge in [0.05, 0.1) is 11.6 Å². The molecule has 1 heterocycles. The maximum absolute atomic E-state index is 12.4. The van der Waals surface area contributed by atoms with E-state index in [2.05, 4.69) is 22.8 Å². The first-order valence-electron chi connectivity index (χ1n) is 6.91. The SMILES string of the molecule is O=C1N[C@H](c2ccccc2)CCNC12CCCC2.[K]. The van der Waals surface area contributed by atoms with E-state index in [9.17, 15) is 4.79 Å². The zero-order valence-electron chi connectivity index (χ0n) is 11.6. The first kappa shape index (κ1) is 15.7. The van der Waals surface area contributed by atoms with Crippen LogP contribution in [0.3, 0.4) is 0 Å². The van der Waals surface area contributed by atoms with E-state index in [0.29, 0.717) is 0 Å². The Morgan fingerprint density at radius 1 is 1.11 bits per heavy atom. The van der Waals surface area contributed by atoms with Crippen LogP contribution in [0.1, 0.15) is 43.7 Å². The second kappa shape index (κ2) is 6.83. The van der Waals surface area contributed by atoms with E-state index in [1.54, 1.807) is 0 Å². The summed E-state index contributed by atoms with van der Waals surface area (Å²) in [6, 6.07) is 10.4. The second-order valence-electron chi connectivity index (χ2n) is 5.44. The molecule has 1 aliphatic heterocycles. The van der Waals surface area contributed by atoms with E-state index >= 15 is 0 Å². The molecule has 0 aromatic heterocycles. The van der Waals surface area contributed by atoms with Crippen molar-refractivity contribution in [1.29, 1.82) is 0 Å². The van der Waals surface area contributed by atoms with Gasteiger partial charge >= 0.3 is 0 Å². The maximum atomic E-state index is 12.4. The van der Waals surface area contributed by atoms with Gasteiger partial charge in [-0.15, -0.1) is 0 Å². The fourth-order valence-corrected chi connectivity index (χ4v) is 3.22. The molecule has 1 radical (unpaired) electrons. The van der Waals surface area contributed by atoms with Crippen molar-refractivity contribution in [3.63, 3.8) is 0 Å². The third-order valence-electron chi connectivity index (χ3n) is 4.30. The monoisotopic (exact) mass is 283 g/mol. The number of nitrogens with one attached hydrogen (secondary N) is 2. The molecule has 1 saturated carbocycles. The summed E-state index contributed by atoms with van der Waals surface area (Å²) in [6.45, 7) is 0.915. The Balaban J connectivity index is 0.00000133. The number of hydrogen-bond acceptors (Lipinski definition) is 2. The van der Waals surface area contributed by atoms with Crippen LogP contribution in [0.4, 0.5) is 0 Å². The minimum Gasteiger partial charge on any atom is -0.348 e. The van der Waals surface area contributed by atoms with Crippen LogP contribution in [0.2, 0.25) is 0 Å². The summed E-state index contributed by atoms with van der Waals surface area (Å²) in [4.78, 5) is 12.4. The fraction of sp³-hybridized carbons (Fsp3) is 0.533. The molecule has 1 spiro atoms. The van der Waals surface area contributed by atoms with E-state index in [1.807, 2.05) is 18.2 Å². The van der Waals surface area contributed by atoms with Crippen LogP contribution in [-0.4, -0.2) is 69.4 Å². The molecule has 19 heavy (non-hydrogen) atoms. The summed E-state index contributed by atoms with van der Waals surface area (Å²) in [7, 11) is 0. The zero-order chi connectivity index (χ0) is 12.4. The van der Waals surface area contributed by atoms with Crippen LogP contribution in [0.25, 0.3) is 0 Å². The molecule has 2 N–H and O–H groups in total. The van der Waals surface area contributed by atoms with E-state index in [-0.39, 0.29) is 68.9 Å². The number of carbonyl (C=O) groups excluding carboxylic acids is 1. The first-order chi connectivity index (χ1) is 8.80. The predicted octanol–water partition coefficient (Wildman–Crippen LogP) is 1.77. The molecule has 1 aliphatic carbocycles. The van der Waals surface area contributed by atoms with E-state index < -0.39 is 0 Å². The van der Waals surface area contributed by atoms with Gasteiger partial charge in [-0.25, -0.2) is 0 Å². The van der Waals surface area contributed by atoms with Crippen molar-refractivity contribution < 1.29 is 4.79 Å². The largest absolute Gasteiger partial charge is 0.348 e. The number of carbonyl (C=O) groups is 1. The average molecular weight is 283 g/mol. The summed E-state index contributed by atoms with van der Waals surface area (Å²) in [5.74, 6) is 0.200. The van der Waals surface area contributed by atoms with Crippen LogP contribution >= 0.6 is 0 Å². The Morgan fingerprint density at radius 2 is 1.79 bits per heavy atom. The smallest absolute Gasteiger partial charge is 0.240 e. The number of amides is 1. The third kappa shape index (κ3) is 3.31. The Bertz CT molecular complexity index is 429. The van der Waals surface area contributed by atoms with Crippen LogP contribution in [0.5, 0.6) is 0 Å². The van der Waals surface area contributed by atoms with Crippen LogP contribution in [0.15, 0.2) is 30.3 Å². The van der Waals surface area contributed by atoms with E-state index in [0.717, 1.165) is 38.6 Å². The van der Waals surface area contributed by atoms with Crippen molar-refractivity contribution in [3.8, 4) is 0 Å². The van der Waals surface area contributed by atoms with Gasteiger partial charge in [-0.3, -0.25) is 4.79 Å². The molecule has 2 fully saturated rings. The molecule has 97 valence electrons. The van der Waals surface area contributed by atoms with Crippen molar-refractivity contribution in [2.24, 2.45) is 0 Å². The topological polar surface area (TPSA) is 41.1 Å². The van der Waals surface area contributed by atoms with Crippen LogP contribution < -0.4 is 10.6 Å². The third-order valence-corrected chi connectivity index (χ3v) is 4.30. The Kier molecular flexibility index (Phi) is 5.63. The molecule has 0 unspecified atom stereocenters.